The Morgan fingerprint density at radius 2 is 1.65 bits per heavy atom. The number of para-hydroxylation sites is 1. The fourth-order valence-corrected chi connectivity index (χ4v) is 5.50. The molecule has 1 N–H and O–H groups in total. The second-order valence-corrected chi connectivity index (χ2v) is 8.72. The number of fused-ring (bicyclic) bond motifs is 3. The average Bonchev–Trinajstić information content (AvgIpc) is 3.15. The smallest absolute Gasteiger partial charge is 0.254 e. The van der Waals surface area contributed by atoms with Gasteiger partial charge in [0.1, 0.15) is 5.75 Å². The molecule has 3 atom stereocenters. The van der Waals surface area contributed by atoms with Gasteiger partial charge in [-0.15, -0.1) is 12.4 Å². The molecule has 2 aromatic carbocycles. The number of amides is 1. The highest BCUT2D eigenvalue weighted by Gasteiger charge is 2.39. The molecule has 0 radical (unpaired) electrons. The first kappa shape index (κ1) is 21.7. The van der Waals surface area contributed by atoms with Crippen LogP contribution in [0.1, 0.15) is 36.0 Å². The van der Waals surface area contributed by atoms with Gasteiger partial charge in [0.15, 0.2) is 0 Å². The fourth-order valence-electron chi connectivity index (χ4n) is 5.50. The van der Waals surface area contributed by atoms with Crippen molar-refractivity contribution < 1.29 is 9.53 Å². The van der Waals surface area contributed by atoms with Gasteiger partial charge < -0.3 is 19.5 Å². The first-order chi connectivity index (χ1) is 14.6. The van der Waals surface area contributed by atoms with Crippen LogP contribution in [0.2, 0.25) is 0 Å². The molecule has 2 aliphatic rings. The number of rotatable bonds is 4. The number of halogens is 1. The van der Waals surface area contributed by atoms with E-state index in [1.54, 1.807) is 7.11 Å². The Kier molecular flexibility index (Phi) is 6.00. The Hall–Kier alpha value is -2.50. The molecule has 5 rings (SSSR count). The minimum absolute atomic E-state index is 0. The topological polar surface area (TPSA) is 46.5 Å². The summed E-state index contributed by atoms with van der Waals surface area (Å²) in [4.78, 5) is 16.1. The molecule has 6 heteroatoms. The number of hydrogen-bond donors (Lipinski definition) is 1. The van der Waals surface area contributed by atoms with E-state index in [1.807, 2.05) is 43.4 Å². The zero-order valence-electron chi connectivity index (χ0n) is 18.3. The van der Waals surface area contributed by atoms with Gasteiger partial charge in [-0.3, -0.25) is 4.79 Å². The molecule has 1 aromatic heterocycles. The average molecular weight is 440 g/mol. The second kappa shape index (κ2) is 8.56. The van der Waals surface area contributed by atoms with Crippen molar-refractivity contribution in [1.82, 2.24) is 14.8 Å². The normalized spacial score (nSPS) is 22.9. The van der Waals surface area contributed by atoms with Crippen LogP contribution in [0.4, 0.5) is 0 Å². The molecule has 5 nitrogen and oxygen atoms in total. The molecule has 2 saturated heterocycles. The molecule has 2 fully saturated rings. The maximum Gasteiger partial charge on any atom is 0.254 e. The van der Waals surface area contributed by atoms with E-state index in [0.717, 1.165) is 46.3 Å². The van der Waals surface area contributed by atoms with Gasteiger partial charge in [-0.1, -0.05) is 18.2 Å². The van der Waals surface area contributed by atoms with Crippen molar-refractivity contribution in [2.45, 2.75) is 43.8 Å². The number of hydrogen-bond acceptors (Lipinski definition) is 3. The summed E-state index contributed by atoms with van der Waals surface area (Å²) in [7, 11) is 5.93. The Morgan fingerprint density at radius 1 is 1.00 bits per heavy atom. The third-order valence-corrected chi connectivity index (χ3v) is 7.13. The van der Waals surface area contributed by atoms with Crippen molar-refractivity contribution in [3.8, 4) is 17.0 Å². The van der Waals surface area contributed by atoms with Crippen LogP contribution in [0, 0.1) is 0 Å². The van der Waals surface area contributed by atoms with E-state index < -0.39 is 0 Å². The molecule has 0 aliphatic carbocycles. The third kappa shape index (κ3) is 3.70. The minimum Gasteiger partial charge on any atom is -0.497 e. The number of ether oxygens (including phenoxy) is 1. The van der Waals surface area contributed by atoms with E-state index in [0.29, 0.717) is 12.1 Å². The summed E-state index contributed by atoms with van der Waals surface area (Å²) in [6, 6.07) is 17.6. The molecule has 0 saturated carbocycles. The molecule has 0 spiro atoms. The monoisotopic (exact) mass is 439 g/mol. The second-order valence-electron chi connectivity index (χ2n) is 8.72. The van der Waals surface area contributed by atoms with E-state index in [-0.39, 0.29) is 24.4 Å². The summed E-state index contributed by atoms with van der Waals surface area (Å²) in [5.41, 5.74) is 3.80. The largest absolute Gasteiger partial charge is 0.497 e. The number of nitrogens with zero attached hydrogens (tertiary/aromatic N) is 2. The Balaban J connectivity index is 0.00000231. The molecule has 2 aliphatic heterocycles. The molecule has 31 heavy (non-hydrogen) atoms. The maximum atomic E-state index is 13.6. The van der Waals surface area contributed by atoms with E-state index in [1.165, 1.54) is 12.8 Å². The number of piperidine rings is 1. The van der Waals surface area contributed by atoms with Gasteiger partial charge in [0.05, 0.1) is 18.4 Å². The lowest BCUT2D eigenvalue weighted by atomic mass is 9.97. The van der Waals surface area contributed by atoms with Crippen molar-refractivity contribution in [1.29, 1.82) is 0 Å². The number of carbonyl (C=O) groups excluding carboxylic acids is 1. The van der Waals surface area contributed by atoms with Gasteiger partial charge in [0, 0.05) is 36.1 Å². The lowest BCUT2D eigenvalue weighted by Gasteiger charge is -2.36. The fraction of sp³-hybridized carbons (Fsp3) is 0.400. The molecule has 1 amide bonds. The van der Waals surface area contributed by atoms with E-state index in [2.05, 4.69) is 34.0 Å². The number of aromatic nitrogens is 1. The van der Waals surface area contributed by atoms with Crippen LogP contribution in [-0.2, 0) is 7.05 Å². The zero-order valence-corrected chi connectivity index (χ0v) is 19.1. The van der Waals surface area contributed by atoms with Gasteiger partial charge >= 0.3 is 0 Å². The first-order valence-electron chi connectivity index (χ1n) is 10.8. The molecular weight excluding hydrogens is 410 g/mol. The lowest BCUT2D eigenvalue weighted by molar-refractivity contribution is 0.0884. The number of carbonyl (C=O) groups is 1. The highest BCUT2D eigenvalue weighted by atomic mass is 35.5. The Labute approximate surface area is 189 Å². The molecular formula is C25H30ClN3O2. The van der Waals surface area contributed by atoms with Gasteiger partial charge in [0.25, 0.3) is 5.91 Å². The Morgan fingerprint density at radius 3 is 2.29 bits per heavy atom. The van der Waals surface area contributed by atoms with Crippen LogP contribution >= 0.6 is 12.4 Å². The minimum atomic E-state index is 0. The molecule has 0 unspecified atom stereocenters. The molecule has 3 heterocycles. The van der Waals surface area contributed by atoms with Crippen molar-refractivity contribution >= 4 is 29.2 Å². The highest BCUT2D eigenvalue weighted by molar-refractivity contribution is 6.12. The first-order valence-corrected chi connectivity index (χ1v) is 10.8. The van der Waals surface area contributed by atoms with Gasteiger partial charge in [-0.2, -0.15) is 0 Å². The van der Waals surface area contributed by atoms with E-state index in [4.69, 9.17) is 4.74 Å². The summed E-state index contributed by atoms with van der Waals surface area (Å²) in [6.07, 6.45) is 4.58. The highest BCUT2D eigenvalue weighted by Crippen LogP contribution is 2.36. The van der Waals surface area contributed by atoms with Crippen molar-refractivity contribution in [3.63, 3.8) is 0 Å². The SMILES string of the molecule is COc1ccc(-c2c(C(=O)N[C@H]3C[C@H]4CC[C@@H](C3)N4C)c3ccccc3n2C)cc1.Cl. The van der Waals surface area contributed by atoms with Crippen LogP contribution < -0.4 is 10.1 Å². The molecule has 2 bridgehead atoms. The zero-order chi connectivity index (χ0) is 20.8. The van der Waals surface area contributed by atoms with Crippen LogP contribution in [0.3, 0.4) is 0 Å². The molecule has 164 valence electrons. The van der Waals surface area contributed by atoms with Gasteiger partial charge in [-0.25, -0.2) is 0 Å². The number of methoxy groups -OCH3 is 1. The summed E-state index contributed by atoms with van der Waals surface area (Å²) in [5, 5.41) is 4.39. The summed E-state index contributed by atoms with van der Waals surface area (Å²) in [6.45, 7) is 0. The standard InChI is InChI=1S/C25H29N3O2.ClH/c1-27-18-10-11-19(27)15-17(14-18)26-25(29)23-21-6-4-5-7-22(21)28(2)24(23)16-8-12-20(30-3)13-9-16;/h4-9,12-13,17-19H,10-11,14-15H2,1-3H3,(H,26,29);1H/t17-,18+,19-;. The maximum absolute atomic E-state index is 13.6. The number of aryl methyl sites for hydroxylation is 1. The van der Waals surface area contributed by atoms with Crippen LogP contribution in [-0.4, -0.2) is 47.7 Å². The number of nitrogens with one attached hydrogen (secondary N) is 1. The van der Waals surface area contributed by atoms with E-state index >= 15 is 0 Å². The lowest BCUT2D eigenvalue weighted by Crippen LogP contribution is -2.48. The van der Waals surface area contributed by atoms with Crippen LogP contribution in [0.15, 0.2) is 48.5 Å². The summed E-state index contributed by atoms with van der Waals surface area (Å²) in [5.74, 6) is 0.844. The third-order valence-electron chi connectivity index (χ3n) is 7.13. The van der Waals surface area contributed by atoms with Crippen molar-refractivity contribution in [2.75, 3.05) is 14.2 Å². The van der Waals surface area contributed by atoms with Crippen molar-refractivity contribution in [2.24, 2.45) is 7.05 Å². The predicted molar refractivity (Wildman–Crippen MR) is 127 cm³/mol. The van der Waals surface area contributed by atoms with Gasteiger partial charge in [0.2, 0.25) is 0 Å². The summed E-state index contributed by atoms with van der Waals surface area (Å²) < 4.78 is 7.45. The van der Waals surface area contributed by atoms with E-state index in [9.17, 15) is 4.79 Å². The van der Waals surface area contributed by atoms with Crippen LogP contribution in [0.25, 0.3) is 22.2 Å². The predicted octanol–water partition coefficient (Wildman–Crippen LogP) is 4.63. The Bertz CT molecular complexity index is 1080. The van der Waals surface area contributed by atoms with Crippen LogP contribution in [0.5, 0.6) is 5.75 Å². The van der Waals surface area contributed by atoms with Crippen molar-refractivity contribution in [3.05, 3.63) is 54.1 Å². The molecule has 3 aromatic rings. The quantitative estimate of drug-likeness (QED) is 0.644. The number of benzene rings is 2. The summed E-state index contributed by atoms with van der Waals surface area (Å²) >= 11 is 0. The van der Waals surface area contributed by atoms with Gasteiger partial charge in [-0.05, 0) is 68.6 Å².